The van der Waals surface area contributed by atoms with Crippen molar-refractivity contribution in [2.24, 2.45) is 0 Å². The minimum atomic E-state index is -5.35. The van der Waals surface area contributed by atoms with E-state index in [1.807, 2.05) is 6.07 Å². The van der Waals surface area contributed by atoms with Gasteiger partial charge >= 0.3 is 6.18 Å². The Balaban J connectivity index is 1.53. The first-order chi connectivity index (χ1) is 19.7. The Morgan fingerprint density at radius 2 is 1.86 bits per heavy atom. The van der Waals surface area contributed by atoms with E-state index in [-0.39, 0.29) is 34.3 Å². The Kier molecular flexibility index (Phi) is 7.44. The molecule has 0 fully saturated rings. The number of nitriles is 1. The Labute approximate surface area is 245 Å². The molecule has 1 aromatic carbocycles. The van der Waals surface area contributed by atoms with Crippen molar-refractivity contribution in [3.63, 3.8) is 0 Å². The maximum atomic E-state index is 13.4. The molecule has 0 spiro atoms. The molecular weight excluding hydrogens is 595 g/mol. The van der Waals surface area contributed by atoms with Crippen molar-refractivity contribution in [2.75, 3.05) is 6.61 Å². The summed E-state index contributed by atoms with van der Waals surface area (Å²) in [6.45, 7) is 4.97. The lowest BCUT2D eigenvalue weighted by Gasteiger charge is -2.23. The zero-order valence-corrected chi connectivity index (χ0v) is 23.8. The number of alkyl halides is 3. The predicted molar refractivity (Wildman–Crippen MR) is 150 cm³/mol. The molecule has 0 aliphatic rings. The first-order valence-corrected chi connectivity index (χ1v) is 13.6. The van der Waals surface area contributed by atoms with E-state index in [9.17, 15) is 33.4 Å². The van der Waals surface area contributed by atoms with Crippen LogP contribution in [0.4, 0.5) is 13.2 Å². The van der Waals surface area contributed by atoms with Crippen LogP contribution in [0, 0.1) is 32.1 Å². The molecule has 0 atom stereocenters. The highest BCUT2D eigenvalue weighted by atomic mass is 35.5. The number of halogens is 4. The van der Waals surface area contributed by atoms with E-state index >= 15 is 0 Å². The van der Waals surface area contributed by atoms with Gasteiger partial charge in [0, 0.05) is 33.4 Å². The number of fused-ring (bicyclic) bond motifs is 2. The van der Waals surface area contributed by atoms with Crippen LogP contribution < -0.4 is 10.3 Å². The summed E-state index contributed by atoms with van der Waals surface area (Å²) in [5, 5.41) is 30.9. The van der Waals surface area contributed by atoms with Crippen LogP contribution in [0.1, 0.15) is 28.3 Å². The van der Waals surface area contributed by atoms with Crippen molar-refractivity contribution in [1.82, 2.24) is 19.5 Å². The summed E-state index contributed by atoms with van der Waals surface area (Å²) >= 11 is 7.15. The first kappa shape index (κ1) is 29.4. The zero-order valence-electron chi connectivity index (χ0n) is 22.2. The molecule has 0 aliphatic heterocycles. The third-order valence-electron chi connectivity index (χ3n) is 6.71. The van der Waals surface area contributed by atoms with Gasteiger partial charge < -0.3 is 14.9 Å². The van der Waals surface area contributed by atoms with E-state index in [0.717, 1.165) is 16.7 Å². The fourth-order valence-electron chi connectivity index (χ4n) is 4.62. The van der Waals surface area contributed by atoms with Gasteiger partial charge in [0.25, 0.3) is 11.3 Å². The van der Waals surface area contributed by atoms with Crippen LogP contribution in [0.15, 0.2) is 40.6 Å². The fourth-order valence-corrected chi connectivity index (χ4v) is 5.87. The third-order valence-corrected chi connectivity index (χ3v) is 7.94. The lowest BCUT2D eigenvalue weighted by Crippen LogP contribution is -2.41. The topological polar surface area (TPSA) is 134 Å². The highest BCUT2D eigenvalue weighted by Gasteiger charge is 2.55. The standard InChI is InChI=1S/C28H21ClF3N5O4S/c1-13-8-19(25-24(35-13)20(12-42-25)27(39,40)28(30,31)32)18-9-17(29)4-5-21(18)41-7-6-37-15(3)36-23-14(2)34-11-16(10-33)22(23)26(37)38/h4-5,8-9,11-12,39-40H,6-7H2,1-3H3. The normalized spacial score (nSPS) is 12.2. The van der Waals surface area contributed by atoms with Gasteiger partial charge in [0.2, 0.25) is 0 Å². The summed E-state index contributed by atoms with van der Waals surface area (Å²) in [6.07, 6.45) is -4.02. The molecule has 0 radical (unpaired) electrons. The first-order valence-electron chi connectivity index (χ1n) is 12.3. The maximum absolute atomic E-state index is 13.4. The Bertz CT molecular complexity index is 1980. The smallest absolute Gasteiger partial charge is 0.447 e. The van der Waals surface area contributed by atoms with Gasteiger partial charge in [-0.15, -0.1) is 11.3 Å². The number of pyridine rings is 2. The Hall–Kier alpha value is -4.09. The molecule has 9 nitrogen and oxygen atoms in total. The molecule has 5 rings (SSSR count). The largest absolute Gasteiger partial charge is 0.491 e. The van der Waals surface area contributed by atoms with Crippen molar-refractivity contribution in [3.8, 4) is 22.9 Å². The lowest BCUT2D eigenvalue weighted by molar-refractivity contribution is -0.357. The van der Waals surface area contributed by atoms with E-state index < -0.39 is 23.1 Å². The van der Waals surface area contributed by atoms with Gasteiger partial charge in [-0.05, 0) is 45.0 Å². The molecule has 0 amide bonds. The molecule has 4 aromatic heterocycles. The minimum absolute atomic E-state index is 0.0120. The second-order valence-electron chi connectivity index (χ2n) is 9.51. The maximum Gasteiger partial charge on any atom is 0.447 e. The van der Waals surface area contributed by atoms with E-state index in [0.29, 0.717) is 44.6 Å². The zero-order chi connectivity index (χ0) is 30.6. The molecule has 0 saturated heterocycles. The summed E-state index contributed by atoms with van der Waals surface area (Å²) in [5.41, 5.74) is 0.722. The SMILES string of the molecule is Cc1cc(-c2cc(Cl)ccc2OCCn2c(C)nc3c(C)ncc(C#N)c3c2=O)c2scc(C(O)(O)C(F)(F)F)c2n1. The van der Waals surface area contributed by atoms with Gasteiger partial charge in [0.15, 0.2) is 0 Å². The molecular formula is C28H21ClF3N5O4S. The molecule has 0 unspecified atom stereocenters. The van der Waals surface area contributed by atoms with Crippen molar-refractivity contribution in [1.29, 1.82) is 5.26 Å². The summed E-state index contributed by atoms with van der Waals surface area (Å²) in [4.78, 5) is 26.1. The number of hydrogen-bond acceptors (Lipinski definition) is 9. The van der Waals surface area contributed by atoms with Crippen LogP contribution in [0.2, 0.25) is 5.02 Å². The van der Waals surface area contributed by atoms with Gasteiger partial charge in [-0.2, -0.15) is 18.4 Å². The van der Waals surface area contributed by atoms with E-state index in [1.165, 1.54) is 10.8 Å². The molecule has 0 aliphatic carbocycles. The highest BCUT2D eigenvalue weighted by Crippen LogP contribution is 2.45. The Morgan fingerprint density at radius 1 is 1.12 bits per heavy atom. The van der Waals surface area contributed by atoms with Crippen LogP contribution in [-0.4, -0.2) is 42.5 Å². The van der Waals surface area contributed by atoms with Gasteiger partial charge in [-0.1, -0.05) is 11.6 Å². The average Bonchev–Trinajstić information content (AvgIpc) is 3.35. The van der Waals surface area contributed by atoms with Crippen molar-refractivity contribution < 1.29 is 28.1 Å². The number of nitrogens with zero attached hydrogens (tertiary/aromatic N) is 5. The van der Waals surface area contributed by atoms with Gasteiger partial charge in [0.1, 0.15) is 29.8 Å². The van der Waals surface area contributed by atoms with Crippen LogP contribution in [-0.2, 0) is 12.3 Å². The molecule has 216 valence electrons. The van der Waals surface area contributed by atoms with Crippen LogP contribution in [0.25, 0.3) is 32.2 Å². The number of ether oxygens (including phenoxy) is 1. The second-order valence-corrected chi connectivity index (χ2v) is 10.8. The molecule has 2 N–H and O–H groups in total. The fraction of sp³-hybridized carbons (Fsp3) is 0.250. The monoisotopic (exact) mass is 615 g/mol. The molecule has 42 heavy (non-hydrogen) atoms. The van der Waals surface area contributed by atoms with Gasteiger partial charge in [0.05, 0.1) is 39.0 Å². The third kappa shape index (κ3) is 4.96. The number of aliphatic hydroxyl groups is 2. The molecule has 14 heteroatoms. The quantitative estimate of drug-likeness (QED) is 0.246. The van der Waals surface area contributed by atoms with Crippen LogP contribution in [0.3, 0.4) is 0 Å². The van der Waals surface area contributed by atoms with E-state index in [2.05, 4.69) is 15.0 Å². The molecule has 0 saturated carbocycles. The summed E-state index contributed by atoms with van der Waals surface area (Å²) in [5.74, 6) is -3.39. The second kappa shape index (κ2) is 10.6. The molecule has 5 aromatic rings. The van der Waals surface area contributed by atoms with Crippen molar-refractivity contribution in [3.05, 3.63) is 79.6 Å². The Morgan fingerprint density at radius 3 is 2.55 bits per heavy atom. The minimum Gasteiger partial charge on any atom is -0.491 e. The predicted octanol–water partition coefficient (Wildman–Crippen LogP) is 5.30. The number of hydrogen-bond donors (Lipinski definition) is 2. The lowest BCUT2D eigenvalue weighted by atomic mass is 10.0. The summed E-state index contributed by atoms with van der Waals surface area (Å²) in [7, 11) is 0. The number of benzene rings is 1. The van der Waals surface area contributed by atoms with E-state index in [1.54, 1.807) is 45.0 Å². The summed E-state index contributed by atoms with van der Waals surface area (Å²) in [6, 6.07) is 8.34. The van der Waals surface area contributed by atoms with Gasteiger partial charge in [-0.3, -0.25) is 19.3 Å². The van der Waals surface area contributed by atoms with Crippen molar-refractivity contribution >= 4 is 44.1 Å². The molecule has 0 bridgehead atoms. The average molecular weight is 616 g/mol. The number of thiophene rings is 1. The van der Waals surface area contributed by atoms with E-state index in [4.69, 9.17) is 16.3 Å². The number of aryl methyl sites for hydroxylation is 3. The van der Waals surface area contributed by atoms with Crippen molar-refractivity contribution in [2.45, 2.75) is 39.3 Å². The number of rotatable bonds is 6. The van der Waals surface area contributed by atoms with Gasteiger partial charge in [-0.25, -0.2) is 4.98 Å². The number of aromatic nitrogens is 4. The highest BCUT2D eigenvalue weighted by molar-refractivity contribution is 7.18. The summed E-state index contributed by atoms with van der Waals surface area (Å²) < 4.78 is 48.0. The van der Waals surface area contributed by atoms with Crippen LogP contribution >= 0.6 is 22.9 Å². The van der Waals surface area contributed by atoms with Crippen LogP contribution in [0.5, 0.6) is 5.75 Å². The molecule has 4 heterocycles.